The lowest BCUT2D eigenvalue weighted by atomic mass is 9.96. The summed E-state index contributed by atoms with van der Waals surface area (Å²) in [6, 6.07) is 13.4. The van der Waals surface area contributed by atoms with E-state index >= 15 is 0 Å². The Bertz CT molecular complexity index is 1440. The van der Waals surface area contributed by atoms with Gasteiger partial charge in [0.2, 0.25) is 0 Å². The van der Waals surface area contributed by atoms with Crippen molar-refractivity contribution in [1.82, 2.24) is 29.9 Å². The number of likely N-dealkylation sites (tertiary alicyclic amines) is 1. The first-order valence-electron chi connectivity index (χ1n) is 11.9. The number of nitrogens with zero attached hydrogens (tertiary/aromatic N) is 5. The number of aromatic amines is 1. The molecule has 186 valence electrons. The van der Waals surface area contributed by atoms with Crippen LogP contribution in [0.25, 0.3) is 11.2 Å². The quantitative estimate of drug-likeness (QED) is 0.444. The fraction of sp³-hybridized carbons (Fsp3) is 0.346. The van der Waals surface area contributed by atoms with Gasteiger partial charge in [-0.25, -0.2) is 9.67 Å². The van der Waals surface area contributed by atoms with Crippen molar-refractivity contribution in [3.8, 4) is 11.5 Å². The van der Waals surface area contributed by atoms with E-state index < -0.39 is 0 Å². The molecular formula is C26H28N6O4. The molecule has 10 heteroatoms. The Labute approximate surface area is 207 Å². The molecular weight excluding hydrogens is 460 g/mol. The maximum Gasteiger partial charge on any atom is 0.281 e. The van der Waals surface area contributed by atoms with Gasteiger partial charge in [0.25, 0.3) is 11.5 Å². The third-order valence-corrected chi connectivity index (χ3v) is 6.58. The summed E-state index contributed by atoms with van der Waals surface area (Å²) in [6.45, 7) is 3.49. The predicted molar refractivity (Wildman–Crippen MR) is 134 cm³/mol. The molecule has 3 heterocycles. The number of hydrogen-bond acceptors (Lipinski definition) is 7. The smallest absolute Gasteiger partial charge is 0.281 e. The van der Waals surface area contributed by atoms with Crippen LogP contribution in [-0.4, -0.2) is 63.1 Å². The largest absolute Gasteiger partial charge is 0.496 e. The van der Waals surface area contributed by atoms with Gasteiger partial charge < -0.3 is 19.4 Å². The van der Waals surface area contributed by atoms with Crippen LogP contribution in [0.15, 0.2) is 47.3 Å². The minimum Gasteiger partial charge on any atom is -0.496 e. The first kappa shape index (κ1) is 23.5. The number of fused-ring (bicyclic) bond motifs is 1. The van der Waals surface area contributed by atoms with Gasteiger partial charge in [0.15, 0.2) is 11.2 Å². The normalized spacial score (nSPS) is 15.8. The van der Waals surface area contributed by atoms with E-state index in [1.165, 1.54) is 19.8 Å². The minimum atomic E-state index is -0.333. The Kier molecular flexibility index (Phi) is 6.41. The average molecular weight is 489 g/mol. The highest BCUT2D eigenvalue weighted by molar-refractivity contribution is 5.99. The van der Waals surface area contributed by atoms with E-state index in [1.54, 1.807) is 27.8 Å². The number of nitrogens with one attached hydrogen (secondary N) is 1. The highest BCUT2D eigenvalue weighted by atomic mass is 16.5. The molecule has 0 radical (unpaired) electrons. The second-order valence-electron chi connectivity index (χ2n) is 8.98. The number of aryl methyl sites for hydroxylation is 1. The third kappa shape index (κ3) is 4.41. The van der Waals surface area contributed by atoms with Gasteiger partial charge in [-0.3, -0.25) is 9.59 Å². The van der Waals surface area contributed by atoms with Gasteiger partial charge in [0.1, 0.15) is 22.9 Å². The molecule has 4 aromatic rings. The highest BCUT2D eigenvalue weighted by Crippen LogP contribution is 2.32. The zero-order chi connectivity index (χ0) is 25.2. The number of H-pyrrole nitrogens is 1. The van der Waals surface area contributed by atoms with E-state index in [-0.39, 0.29) is 22.9 Å². The summed E-state index contributed by atoms with van der Waals surface area (Å²) in [7, 11) is 3.06. The van der Waals surface area contributed by atoms with Gasteiger partial charge in [0, 0.05) is 19.0 Å². The van der Waals surface area contributed by atoms with Crippen LogP contribution in [0, 0.1) is 6.92 Å². The summed E-state index contributed by atoms with van der Waals surface area (Å²) < 4.78 is 12.5. The molecule has 0 saturated carbocycles. The molecule has 1 saturated heterocycles. The molecule has 1 atom stereocenters. The highest BCUT2D eigenvalue weighted by Gasteiger charge is 2.31. The van der Waals surface area contributed by atoms with E-state index in [0.29, 0.717) is 48.2 Å². The molecule has 1 fully saturated rings. The van der Waals surface area contributed by atoms with Crippen LogP contribution in [0.2, 0.25) is 0 Å². The number of piperidine rings is 1. The van der Waals surface area contributed by atoms with Gasteiger partial charge in [-0.2, -0.15) is 0 Å². The van der Waals surface area contributed by atoms with Gasteiger partial charge in [-0.15, -0.1) is 5.10 Å². The number of benzene rings is 2. The van der Waals surface area contributed by atoms with E-state index in [1.807, 2.05) is 31.2 Å². The van der Waals surface area contributed by atoms with Crippen molar-refractivity contribution >= 4 is 17.1 Å². The summed E-state index contributed by atoms with van der Waals surface area (Å²) in [6.07, 6.45) is 1.57. The van der Waals surface area contributed by atoms with Crippen molar-refractivity contribution in [2.24, 2.45) is 0 Å². The first-order valence-corrected chi connectivity index (χ1v) is 11.9. The number of ether oxygens (including phenoxy) is 2. The second-order valence-corrected chi connectivity index (χ2v) is 8.98. The summed E-state index contributed by atoms with van der Waals surface area (Å²) in [4.78, 5) is 35.7. The molecule has 36 heavy (non-hydrogen) atoms. The van der Waals surface area contributed by atoms with Crippen LogP contribution in [-0.2, 0) is 6.54 Å². The van der Waals surface area contributed by atoms with Crippen molar-refractivity contribution in [2.75, 3.05) is 27.3 Å². The zero-order valence-corrected chi connectivity index (χ0v) is 20.5. The Morgan fingerprint density at radius 1 is 1.11 bits per heavy atom. The van der Waals surface area contributed by atoms with E-state index in [9.17, 15) is 9.59 Å². The molecule has 0 spiro atoms. The van der Waals surface area contributed by atoms with Gasteiger partial charge in [0.05, 0.1) is 20.8 Å². The van der Waals surface area contributed by atoms with Crippen LogP contribution < -0.4 is 15.0 Å². The average Bonchev–Trinajstić information content (AvgIpc) is 3.32. The van der Waals surface area contributed by atoms with Crippen LogP contribution in [0.1, 0.15) is 46.1 Å². The molecule has 2 aromatic heterocycles. The van der Waals surface area contributed by atoms with Crippen LogP contribution in [0.4, 0.5) is 0 Å². The molecule has 1 N–H and O–H groups in total. The molecule has 2 aromatic carbocycles. The zero-order valence-electron chi connectivity index (χ0n) is 20.5. The second kappa shape index (κ2) is 9.80. The van der Waals surface area contributed by atoms with Crippen LogP contribution >= 0.6 is 0 Å². The third-order valence-electron chi connectivity index (χ3n) is 6.58. The molecule has 1 aliphatic heterocycles. The van der Waals surface area contributed by atoms with Gasteiger partial charge in [-0.1, -0.05) is 41.1 Å². The fourth-order valence-electron chi connectivity index (χ4n) is 4.65. The Balaban J connectivity index is 1.44. The predicted octanol–water partition coefficient (Wildman–Crippen LogP) is 2.91. The van der Waals surface area contributed by atoms with Crippen molar-refractivity contribution in [2.45, 2.75) is 32.2 Å². The topological polar surface area (TPSA) is 115 Å². The number of carbonyl (C=O) groups is 1. The lowest BCUT2D eigenvalue weighted by Gasteiger charge is -2.32. The van der Waals surface area contributed by atoms with Crippen molar-refractivity contribution < 1.29 is 14.3 Å². The number of carbonyl (C=O) groups excluding carboxylic acids is 1. The molecule has 1 aliphatic rings. The number of methoxy groups -OCH3 is 2. The summed E-state index contributed by atoms with van der Waals surface area (Å²) in [5.74, 6) is 1.14. The van der Waals surface area contributed by atoms with Gasteiger partial charge in [-0.05, 0) is 37.5 Å². The fourth-order valence-corrected chi connectivity index (χ4v) is 4.65. The number of aromatic nitrogens is 5. The van der Waals surface area contributed by atoms with E-state index in [0.717, 1.165) is 18.4 Å². The van der Waals surface area contributed by atoms with Crippen LogP contribution in [0.5, 0.6) is 11.5 Å². The number of amides is 1. The van der Waals surface area contributed by atoms with E-state index in [4.69, 9.17) is 14.5 Å². The molecule has 0 aliphatic carbocycles. The minimum absolute atomic E-state index is 0.136. The SMILES string of the molecule is COc1cccc(OC)c1C(=O)N1CCC[C@H](c2nc3c(nnn3Cc3ccc(C)cc3)c(=O)[nH]2)C1. The van der Waals surface area contributed by atoms with Crippen LogP contribution in [0.3, 0.4) is 0 Å². The van der Waals surface area contributed by atoms with Gasteiger partial charge >= 0.3 is 0 Å². The molecule has 0 unspecified atom stereocenters. The molecule has 1 amide bonds. The lowest BCUT2D eigenvalue weighted by Crippen LogP contribution is -2.40. The molecule has 5 rings (SSSR count). The standard InChI is InChI=1S/C26H28N6O4/c1-16-9-11-17(12-10-16)14-32-24-22(29-30-32)25(33)28-23(27-24)18-6-5-13-31(15-18)26(34)21-19(35-2)7-4-8-20(21)36-3/h4,7-12,18H,5-6,13-15H2,1-3H3,(H,27,28,33)/t18-/m0/s1. The Morgan fingerprint density at radius 3 is 2.53 bits per heavy atom. The summed E-state index contributed by atoms with van der Waals surface area (Å²) in [5, 5.41) is 8.23. The monoisotopic (exact) mass is 488 g/mol. The molecule has 10 nitrogen and oxygen atoms in total. The van der Waals surface area contributed by atoms with E-state index in [2.05, 4.69) is 15.3 Å². The first-order chi connectivity index (χ1) is 17.5. The Hall–Kier alpha value is -4.21. The lowest BCUT2D eigenvalue weighted by molar-refractivity contribution is 0.0697. The summed E-state index contributed by atoms with van der Waals surface area (Å²) >= 11 is 0. The van der Waals surface area contributed by atoms with Crippen molar-refractivity contribution in [3.05, 3.63) is 75.3 Å². The maximum absolute atomic E-state index is 13.5. The van der Waals surface area contributed by atoms with Crippen molar-refractivity contribution in [1.29, 1.82) is 0 Å². The number of hydrogen-bond donors (Lipinski definition) is 1. The van der Waals surface area contributed by atoms with Crippen molar-refractivity contribution in [3.63, 3.8) is 0 Å². The molecule has 0 bridgehead atoms. The Morgan fingerprint density at radius 2 is 1.83 bits per heavy atom. The maximum atomic E-state index is 13.5. The summed E-state index contributed by atoms with van der Waals surface area (Å²) in [5.41, 5.74) is 2.90. The number of rotatable bonds is 6.